The number of pyridine rings is 2. The van der Waals surface area contributed by atoms with Gasteiger partial charge in [0.15, 0.2) is 11.5 Å². The molecule has 6 rings (SSSR count). The third-order valence-electron chi connectivity index (χ3n) is 5.90. The van der Waals surface area contributed by atoms with Gasteiger partial charge in [0, 0.05) is 61.3 Å². The van der Waals surface area contributed by atoms with Gasteiger partial charge in [0.2, 0.25) is 5.95 Å². The molecule has 1 fully saturated rings. The van der Waals surface area contributed by atoms with Gasteiger partial charge in [-0.15, -0.1) is 0 Å². The Morgan fingerprint density at radius 3 is 2.76 bits per heavy atom. The number of fused-ring (bicyclic) bond motifs is 2. The monoisotopic (exact) mass is 444 g/mol. The number of aromatic nitrogens is 7. The molecule has 166 valence electrons. The molecule has 11 heteroatoms. The van der Waals surface area contributed by atoms with Crippen molar-refractivity contribution in [2.75, 3.05) is 43.4 Å². The first-order valence-corrected chi connectivity index (χ1v) is 10.6. The van der Waals surface area contributed by atoms with Crippen molar-refractivity contribution in [2.45, 2.75) is 0 Å². The number of nitrogens with one attached hydrogen (secondary N) is 2. The van der Waals surface area contributed by atoms with Gasteiger partial charge in [-0.05, 0) is 25.2 Å². The van der Waals surface area contributed by atoms with Crippen molar-refractivity contribution in [2.24, 2.45) is 0 Å². The van der Waals surface area contributed by atoms with E-state index < -0.39 is 5.82 Å². The lowest BCUT2D eigenvalue weighted by atomic mass is 10.1. The molecule has 0 saturated carbocycles. The predicted molar refractivity (Wildman–Crippen MR) is 123 cm³/mol. The van der Waals surface area contributed by atoms with Crippen molar-refractivity contribution in [3.63, 3.8) is 0 Å². The zero-order chi connectivity index (χ0) is 22.4. The third-order valence-corrected chi connectivity index (χ3v) is 5.90. The summed E-state index contributed by atoms with van der Waals surface area (Å²) in [6, 6.07) is 5.42. The molecule has 6 heterocycles. The highest BCUT2D eigenvalue weighted by atomic mass is 19.1. The van der Waals surface area contributed by atoms with Crippen LogP contribution in [-0.4, -0.2) is 72.7 Å². The van der Waals surface area contributed by atoms with E-state index >= 15 is 0 Å². The summed E-state index contributed by atoms with van der Waals surface area (Å²) >= 11 is 0. The van der Waals surface area contributed by atoms with E-state index in [0.29, 0.717) is 17.2 Å². The Morgan fingerprint density at radius 2 is 1.94 bits per heavy atom. The highest BCUT2D eigenvalue weighted by Gasteiger charge is 2.16. The highest BCUT2D eigenvalue weighted by Crippen LogP contribution is 2.29. The molecule has 1 aliphatic rings. The van der Waals surface area contributed by atoms with Gasteiger partial charge in [-0.1, -0.05) is 0 Å². The van der Waals surface area contributed by atoms with Gasteiger partial charge in [0.1, 0.15) is 17.8 Å². The topological polar surface area (TPSA) is 103 Å². The van der Waals surface area contributed by atoms with Crippen molar-refractivity contribution < 1.29 is 4.39 Å². The maximum Gasteiger partial charge on any atom is 0.229 e. The van der Waals surface area contributed by atoms with E-state index in [1.807, 2.05) is 12.1 Å². The third kappa shape index (κ3) is 3.61. The SMILES string of the molecule is CN1CCN(c2ccc(Nc3ncc4c(-c5cc(F)c6ncnn6c5)c[nH]c4n3)cn2)CC1. The number of likely N-dealkylation sites (N-methyl/N-ethyl adjacent to an activating group) is 1. The first-order valence-electron chi connectivity index (χ1n) is 10.6. The number of piperazine rings is 1. The molecular formula is C22H21FN10. The first-order chi connectivity index (χ1) is 16.1. The van der Waals surface area contributed by atoms with Crippen LogP contribution >= 0.6 is 0 Å². The number of halogens is 1. The summed E-state index contributed by atoms with van der Waals surface area (Å²) in [4.78, 5) is 25.3. The van der Waals surface area contributed by atoms with Gasteiger partial charge in [-0.2, -0.15) is 10.1 Å². The standard InChI is InChI=1S/C22H21FN10/c1-31-4-6-32(7-5-31)19-3-2-15(9-24-19)29-22-26-11-17-16(10-25-20(17)30-22)14-8-18(23)21-27-13-28-33(21)12-14/h2-3,8-13H,4-7H2,1H3,(H2,25,26,29,30). The molecular weight excluding hydrogens is 423 g/mol. The van der Waals surface area contributed by atoms with Gasteiger partial charge in [0.25, 0.3) is 0 Å². The van der Waals surface area contributed by atoms with E-state index in [4.69, 9.17) is 0 Å². The van der Waals surface area contributed by atoms with Gasteiger partial charge >= 0.3 is 0 Å². The van der Waals surface area contributed by atoms with E-state index in [-0.39, 0.29) is 5.65 Å². The van der Waals surface area contributed by atoms with E-state index in [9.17, 15) is 4.39 Å². The van der Waals surface area contributed by atoms with E-state index in [1.165, 1.54) is 16.9 Å². The van der Waals surface area contributed by atoms with E-state index in [2.05, 4.69) is 52.2 Å². The number of rotatable bonds is 4. The molecule has 5 aromatic rings. The minimum absolute atomic E-state index is 0.188. The average molecular weight is 444 g/mol. The Hall–Kier alpha value is -4.12. The summed E-state index contributed by atoms with van der Waals surface area (Å²) in [7, 11) is 2.13. The van der Waals surface area contributed by atoms with Gasteiger partial charge in [0.05, 0.1) is 11.9 Å². The van der Waals surface area contributed by atoms with Gasteiger partial charge < -0.3 is 20.1 Å². The zero-order valence-corrected chi connectivity index (χ0v) is 17.9. The maximum absolute atomic E-state index is 14.4. The lowest BCUT2D eigenvalue weighted by Gasteiger charge is -2.33. The molecule has 5 aromatic heterocycles. The molecule has 0 radical (unpaired) electrons. The number of anilines is 3. The predicted octanol–water partition coefficient (Wildman–Crippen LogP) is 2.70. The fourth-order valence-corrected chi connectivity index (χ4v) is 4.05. The molecule has 10 nitrogen and oxygen atoms in total. The molecule has 0 amide bonds. The molecule has 0 atom stereocenters. The largest absolute Gasteiger partial charge is 0.354 e. The summed E-state index contributed by atoms with van der Waals surface area (Å²) < 4.78 is 15.8. The highest BCUT2D eigenvalue weighted by molar-refractivity contribution is 5.93. The molecule has 33 heavy (non-hydrogen) atoms. The van der Waals surface area contributed by atoms with Crippen molar-refractivity contribution in [1.29, 1.82) is 0 Å². The normalized spacial score (nSPS) is 14.9. The van der Waals surface area contributed by atoms with Crippen LogP contribution in [-0.2, 0) is 0 Å². The number of H-pyrrole nitrogens is 1. The van der Waals surface area contributed by atoms with Crippen LogP contribution in [0.15, 0.2) is 49.3 Å². The average Bonchev–Trinajstić information content (AvgIpc) is 3.47. The lowest BCUT2D eigenvalue weighted by Crippen LogP contribution is -2.44. The number of aromatic amines is 1. The minimum atomic E-state index is -0.439. The second kappa shape index (κ2) is 7.78. The van der Waals surface area contributed by atoms with Crippen LogP contribution in [0.25, 0.3) is 27.8 Å². The Morgan fingerprint density at radius 1 is 1.06 bits per heavy atom. The summed E-state index contributed by atoms with van der Waals surface area (Å²) in [6.07, 6.45) is 8.34. The zero-order valence-electron chi connectivity index (χ0n) is 17.9. The second-order valence-electron chi connectivity index (χ2n) is 8.08. The molecule has 0 unspecified atom stereocenters. The van der Waals surface area contributed by atoms with Crippen LogP contribution in [0.5, 0.6) is 0 Å². The van der Waals surface area contributed by atoms with Gasteiger partial charge in [-0.3, -0.25) is 0 Å². The number of hydrogen-bond acceptors (Lipinski definition) is 8. The van der Waals surface area contributed by atoms with E-state index in [0.717, 1.165) is 48.6 Å². The number of hydrogen-bond donors (Lipinski definition) is 2. The molecule has 1 saturated heterocycles. The number of nitrogens with zero attached hydrogens (tertiary/aromatic N) is 8. The second-order valence-corrected chi connectivity index (χ2v) is 8.08. The Balaban J connectivity index is 1.23. The molecule has 0 aliphatic carbocycles. The molecule has 0 spiro atoms. The molecule has 0 bridgehead atoms. The minimum Gasteiger partial charge on any atom is -0.354 e. The van der Waals surface area contributed by atoms with Crippen LogP contribution < -0.4 is 10.2 Å². The fourth-order valence-electron chi connectivity index (χ4n) is 4.05. The van der Waals surface area contributed by atoms with Crippen LogP contribution in [0.4, 0.5) is 21.8 Å². The first kappa shape index (κ1) is 19.6. The lowest BCUT2D eigenvalue weighted by molar-refractivity contribution is 0.312. The van der Waals surface area contributed by atoms with Gasteiger partial charge in [-0.25, -0.2) is 23.9 Å². The molecule has 2 N–H and O–H groups in total. The summed E-state index contributed by atoms with van der Waals surface area (Å²) in [5, 5.41) is 8.01. The van der Waals surface area contributed by atoms with Crippen molar-refractivity contribution in [1.82, 2.24) is 39.4 Å². The Bertz CT molecular complexity index is 1430. The molecule has 0 aromatic carbocycles. The Labute approximate surface area is 188 Å². The maximum atomic E-state index is 14.4. The van der Waals surface area contributed by atoms with Crippen molar-refractivity contribution in [3.05, 3.63) is 55.1 Å². The van der Waals surface area contributed by atoms with E-state index in [1.54, 1.807) is 24.8 Å². The Kier molecular flexibility index (Phi) is 4.61. The van der Waals surface area contributed by atoms with Crippen LogP contribution in [0.1, 0.15) is 0 Å². The quantitative estimate of drug-likeness (QED) is 0.436. The van der Waals surface area contributed by atoms with Crippen LogP contribution in [0.2, 0.25) is 0 Å². The molecule has 1 aliphatic heterocycles. The van der Waals surface area contributed by atoms with Crippen LogP contribution in [0, 0.1) is 5.82 Å². The van der Waals surface area contributed by atoms with Crippen LogP contribution in [0.3, 0.4) is 0 Å². The smallest absolute Gasteiger partial charge is 0.229 e. The fraction of sp³-hybridized carbons (Fsp3) is 0.227. The summed E-state index contributed by atoms with van der Waals surface area (Å²) in [5.74, 6) is 0.977. The summed E-state index contributed by atoms with van der Waals surface area (Å²) in [5.41, 5.74) is 3.07. The summed E-state index contributed by atoms with van der Waals surface area (Å²) in [6.45, 7) is 4.01. The van der Waals surface area contributed by atoms with Crippen molar-refractivity contribution >= 4 is 34.1 Å². The van der Waals surface area contributed by atoms with Crippen molar-refractivity contribution in [3.8, 4) is 11.1 Å².